The summed E-state index contributed by atoms with van der Waals surface area (Å²) in [5, 5.41) is 7.25. The number of hydrogen-bond donors (Lipinski definition) is 1. The van der Waals surface area contributed by atoms with Crippen LogP contribution < -0.4 is 10.1 Å². The van der Waals surface area contributed by atoms with Gasteiger partial charge in [0.05, 0.1) is 18.7 Å². The number of carbonyl (C=O) groups excluding carboxylic acids is 1. The number of hydrogen-bond acceptors (Lipinski definition) is 5. The number of benzene rings is 2. The number of nitrogens with zero attached hydrogens (tertiary/aromatic N) is 3. The van der Waals surface area contributed by atoms with Gasteiger partial charge in [-0.2, -0.15) is 4.98 Å². The zero-order valence-electron chi connectivity index (χ0n) is 17.8. The lowest BCUT2D eigenvalue weighted by atomic mass is 9.94. The monoisotopic (exact) mass is 416 g/mol. The highest BCUT2D eigenvalue weighted by atomic mass is 16.5. The lowest BCUT2D eigenvalue weighted by Crippen LogP contribution is -2.46. The van der Waals surface area contributed by atoms with Crippen molar-refractivity contribution in [3.05, 3.63) is 83.9 Å². The van der Waals surface area contributed by atoms with Crippen molar-refractivity contribution in [3.8, 4) is 17.1 Å². The molecule has 2 heterocycles. The van der Waals surface area contributed by atoms with Crippen LogP contribution in [-0.2, 0) is 0 Å². The van der Waals surface area contributed by atoms with Crippen LogP contribution >= 0.6 is 0 Å². The summed E-state index contributed by atoms with van der Waals surface area (Å²) in [5.41, 5.74) is 4.30. The predicted molar refractivity (Wildman–Crippen MR) is 118 cm³/mol. The highest BCUT2D eigenvalue weighted by Gasteiger charge is 2.35. The molecule has 1 atom stereocenters. The summed E-state index contributed by atoms with van der Waals surface area (Å²) in [6.45, 7) is 8.02. The number of ether oxygens (including phenoxy) is 1. The van der Waals surface area contributed by atoms with Crippen molar-refractivity contribution in [3.63, 3.8) is 0 Å². The third-order valence-electron chi connectivity index (χ3n) is 5.27. The van der Waals surface area contributed by atoms with Gasteiger partial charge in [0.25, 0.3) is 5.89 Å². The van der Waals surface area contributed by atoms with Crippen molar-refractivity contribution in [2.24, 2.45) is 0 Å². The van der Waals surface area contributed by atoms with Crippen LogP contribution in [0.5, 0.6) is 5.75 Å². The fourth-order valence-electron chi connectivity index (χ4n) is 3.71. The molecule has 1 unspecified atom stereocenters. The zero-order chi connectivity index (χ0) is 22.0. The van der Waals surface area contributed by atoms with Gasteiger partial charge in [-0.1, -0.05) is 47.1 Å². The third-order valence-corrected chi connectivity index (χ3v) is 5.27. The summed E-state index contributed by atoms with van der Waals surface area (Å²) < 4.78 is 11.1. The average molecular weight is 416 g/mol. The molecule has 0 fully saturated rings. The molecular formula is C24H24N4O3. The number of nitrogens with one attached hydrogen (secondary N) is 1. The number of aryl methyl sites for hydroxylation is 1. The first kappa shape index (κ1) is 20.4. The highest BCUT2D eigenvalue weighted by Crippen LogP contribution is 2.38. The van der Waals surface area contributed by atoms with Crippen LogP contribution in [0.4, 0.5) is 4.79 Å². The molecule has 1 aliphatic rings. The van der Waals surface area contributed by atoms with E-state index in [1.807, 2.05) is 62.4 Å². The lowest BCUT2D eigenvalue weighted by Gasteiger charge is -2.34. The van der Waals surface area contributed by atoms with Crippen LogP contribution in [-0.4, -0.2) is 34.7 Å². The zero-order valence-corrected chi connectivity index (χ0v) is 17.8. The Labute approximate surface area is 181 Å². The summed E-state index contributed by atoms with van der Waals surface area (Å²) in [4.78, 5) is 19.1. The maximum Gasteiger partial charge on any atom is 0.322 e. The molecule has 1 N–H and O–H groups in total. The lowest BCUT2D eigenvalue weighted by molar-refractivity contribution is 0.209. The van der Waals surface area contributed by atoms with Crippen LogP contribution in [0.25, 0.3) is 17.0 Å². The highest BCUT2D eigenvalue weighted by molar-refractivity contribution is 5.87. The molecule has 0 saturated carbocycles. The molecule has 2 amide bonds. The van der Waals surface area contributed by atoms with E-state index in [1.165, 1.54) is 0 Å². The van der Waals surface area contributed by atoms with Crippen LogP contribution in [0.2, 0.25) is 0 Å². The molecule has 0 saturated heterocycles. The minimum absolute atomic E-state index is 0.215. The molecule has 7 heteroatoms. The fraction of sp³-hybridized carbons (Fsp3) is 0.208. The standard InChI is InChI=1S/C24H24N4O3/c1-5-12-28-16(3)20(21(25-24(28)29)17-9-7-11-19(14-17)30-4)23-26-22(27-31-23)18-10-6-8-15(2)13-18/h5-11,13-14,21H,1,12H2,2-4H3,(H,25,29). The molecule has 4 rings (SSSR count). The Bertz CT molecular complexity index is 1160. The number of allylic oxidation sites excluding steroid dienone is 1. The minimum atomic E-state index is -0.463. The van der Waals surface area contributed by atoms with Gasteiger partial charge in [0, 0.05) is 17.8 Å². The van der Waals surface area contributed by atoms with Crippen molar-refractivity contribution in [1.82, 2.24) is 20.4 Å². The molecule has 0 spiro atoms. The van der Waals surface area contributed by atoms with Crippen LogP contribution in [0, 0.1) is 6.92 Å². The van der Waals surface area contributed by atoms with E-state index in [0.717, 1.165) is 28.0 Å². The number of urea groups is 1. The quantitative estimate of drug-likeness (QED) is 0.587. The number of carbonyl (C=O) groups is 1. The average Bonchev–Trinajstić information content (AvgIpc) is 3.26. The first-order valence-electron chi connectivity index (χ1n) is 9.96. The van der Waals surface area contributed by atoms with E-state index in [0.29, 0.717) is 24.0 Å². The smallest absolute Gasteiger partial charge is 0.322 e. The molecule has 0 aliphatic carbocycles. The van der Waals surface area contributed by atoms with E-state index < -0.39 is 6.04 Å². The number of methoxy groups -OCH3 is 1. The van der Waals surface area contributed by atoms with Gasteiger partial charge in [-0.3, -0.25) is 4.90 Å². The van der Waals surface area contributed by atoms with Gasteiger partial charge in [0.1, 0.15) is 5.75 Å². The van der Waals surface area contributed by atoms with Gasteiger partial charge in [0.2, 0.25) is 5.82 Å². The molecule has 1 aliphatic heterocycles. The second kappa shape index (κ2) is 8.47. The first-order valence-corrected chi connectivity index (χ1v) is 9.96. The summed E-state index contributed by atoms with van der Waals surface area (Å²) in [7, 11) is 1.61. The number of rotatable bonds is 6. The molecule has 0 bridgehead atoms. The van der Waals surface area contributed by atoms with Crippen molar-refractivity contribution < 1.29 is 14.1 Å². The fourth-order valence-corrected chi connectivity index (χ4v) is 3.71. The van der Waals surface area contributed by atoms with E-state index in [1.54, 1.807) is 18.1 Å². The van der Waals surface area contributed by atoms with Gasteiger partial charge >= 0.3 is 6.03 Å². The Morgan fingerprint density at radius 2 is 2.03 bits per heavy atom. The summed E-state index contributed by atoms with van der Waals surface area (Å²) >= 11 is 0. The second-order valence-electron chi connectivity index (χ2n) is 7.35. The van der Waals surface area contributed by atoms with E-state index in [4.69, 9.17) is 9.26 Å². The Morgan fingerprint density at radius 3 is 2.77 bits per heavy atom. The maximum atomic E-state index is 12.8. The minimum Gasteiger partial charge on any atom is -0.497 e. The van der Waals surface area contributed by atoms with Gasteiger partial charge in [-0.25, -0.2) is 4.79 Å². The van der Waals surface area contributed by atoms with Crippen molar-refractivity contribution >= 4 is 11.6 Å². The van der Waals surface area contributed by atoms with Crippen molar-refractivity contribution in [1.29, 1.82) is 0 Å². The van der Waals surface area contributed by atoms with Gasteiger partial charge in [-0.05, 0) is 37.6 Å². The molecule has 7 nitrogen and oxygen atoms in total. The Hall–Kier alpha value is -3.87. The summed E-state index contributed by atoms with van der Waals surface area (Å²) in [6, 6.07) is 14.8. The van der Waals surface area contributed by atoms with E-state index in [9.17, 15) is 4.79 Å². The van der Waals surface area contributed by atoms with Crippen LogP contribution in [0.15, 0.2) is 71.4 Å². The van der Waals surface area contributed by atoms with E-state index in [2.05, 4.69) is 22.0 Å². The largest absolute Gasteiger partial charge is 0.497 e. The van der Waals surface area contributed by atoms with Crippen molar-refractivity contribution in [2.45, 2.75) is 19.9 Å². The molecule has 2 aromatic carbocycles. The van der Waals surface area contributed by atoms with E-state index in [-0.39, 0.29) is 6.03 Å². The third kappa shape index (κ3) is 3.94. The summed E-state index contributed by atoms with van der Waals surface area (Å²) in [6.07, 6.45) is 1.68. The Balaban J connectivity index is 1.83. The Kier molecular flexibility index (Phi) is 5.58. The predicted octanol–water partition coefficient (Wildman–Crippen LogP) is 4.74. The molecule has 31 heavy (non-hydrogen) atoms. The number of aromatic nitrogens is 2. The van der Waals surface area contributed by atoms with Crippen molar-refractivity contribution in [2.75, 3.05) is 13.7 Å². The molecule has 1 aromatic heterocycles. The SMILES string of the molecule is C=CCN1C(=O)NC(c2cccc(OC)c2)C(c2nc(-c3cccc(C)c3)no2)=C1C. The summed E-state index contributed by atoms with van der Waals surface area (Å²) in [5.74, 6) is 1.55. The first-order chi connectivity index (χ1) is 15.0. The Morgan fingerprint density at radius 1 is 1.23 bits per heavy atom. The topological polar surface area (TPSA) is 80.5 Å². The normalized spacial score (nSPS) is 16.3. The molecule has 158 valence electrons. The molecule has 3 aromatic rings. The van der Waals surface area contributed by atoms with Gasteiger partial charge in [-0.15, -0.1) is 6.58 Å². The molecular weight excluding hydrogens is 392 g/mol. The number of amides is 2. The maximum absolute atomic E-state index is 12.8. The molecule has 0 radical (unpaired) electrons. The second-order valence-corrected chi connectivity index (χ2v) is 7.35. The van der Waals surface area contributed by atoms with Crippen LogP contribution in [0.3, 0.4) is 0 Å². The van der Waals surface area contributed by atoms with Crippen LogP contribution in [0.1, 0.15) is 30.0 Å². The van der Waals surface area contributed by atoms with Gasteiger partial charge in [0.15, 0.2) is 0 Å². The van der Waals surface area contributed by atoms with Gasteiger partial charge < -0.3 is 14.6 Å². The van der Waals surface area contributed by atoms with E-state index >= 15 is 0 Å².